The number of nitrogens with zero attached hydrogens (tertiary/aromatic N) is 1. The molecule has 0 aliphatic heterocycles. The van der Waals surface area contributed by atoms with Gasteiger partial charge in [-0.25, -0.2) is 0 Å². The summed E-state index contributed by atoms with van der Waals surface area (Å²) in [5.41, 5.74) is 0.659. The van der Waals surface area contributed by atoms with Crippen molar-refractivity contribution in [3.63, 3.8) is 0 Å². The number of carbonyl (C=O) groups excluding carboxylic acids is 1. The van der Waals surface area contributed by atoms with Gasteiger partial charge in [-0.15, -0.1) is 11.6 Å². The molecule has 0 bridgehead atoms. The van der Waals surface area contributed by atoms with E-state index < -0.39 is 0 Å². The van der Waals surface area contributed by atoms with Gasteiger partial charge in [0, 0.05) is 44.2 Å². The minimum Gasteiger partial charge on any atom is -0.665 e. The number of aromatic hydroxyl groups is 1. The third-order valence-electron chi connectivity index (χ3n) is 1.40. The Morgan fingerprint density at radius 3 is 2.40 bits per heavy atom. The minimum absolute atomic E-state index is 0. The Morgan fingerprint density at radius 2 is 2.07 bits per heavy atom. The normalized spacial score (nSPS) is 7.87. The van der Waals surface area contributed by atoms with Crippen molar-refractivity contribution in [1.82, 2.24) is 4.98 Å². The first-order valence-corrected chi connectivity index (χ1v) is 3.63. The van der Waals surface area contributed by atoms with Gasteiger partial charge in [-0.05, 0) is 20.0 Å². The molecule has 79 valence electrons. The Kier molecular flexibility index (Phi) is 9.41. The van der Waals surface area contributed by atoms with Crippen LogP contribution in [0.5, 0.6) is 5.75 Å². The van der Waals surface area contributed by atoms with E-state index in [1.807, 2.05) is 0 Å². The molecule has 0 aliphatic carbocycles. The second-order valence-electron chi connectivity index (χ2n) is 2.36. The molecule has 1 aromatic rings. The van der Waals surface area contributed by atoms with Gasteiger partial charge in [0.1, 0.15) is 0 Å². The third-order valence-corrected chi connectivity index (χ3v) is 1.40. The van der Waals surface area contributed by atoms with Crippen LogP contribution in [0.25, 0.3) is 0 Å². The summed E-state index contributed by atoms with van der Waals surface area (Å²) >= 11 is 0. The summed E-state index contributed by atoms with van der Waals surface area (Å²) in [6.45, 7) is 3.51. The Hall–Kier alpha value is -0.806. The zero-order valence-corrected chi connectivity index (χ0v) is 11.2. The van der Waals surface area contributed by atoms with E-state index in [0.29, 0.717) is 12.2 Å². The Balaban J connectivity index is 0. The van der Waals surface area contributed by atoms with Gasteiger partial charge in [0.25, 0.3) is 0 Å². The fraction of sp³-hybridized carbons (Fsp3) is 0.222. The molecule has 0 unspecified atom stereocenters. The maximum Gasteiger partial charge on any atom is 0.0502 e. The average Bonchev–Trinajstić information content (AvgIpc) is 2.10. The van der Waals surface area contributed by atoms with Crippen molar-refractivity contribution in [1.29, 1.82) is 0 Å². The number of pyridine rings is 1. The summed E-state index contributed by atoms with van der Waals surface area (Å²) in [5.74, 6) is -0.270. The quantitative estimate of drug-likeness (QED) is 0.585. The molecule has 0 atom stereocenters. The predicted molar refractivity (Wildman–Crippen MR) is 47.8 cm³/mol. The van der Waals surface area contributed by atoms with Crippen LogP contribution in [0.15, 0.2) is 6.20 Å². The summed E-state index contributed by atoms with van der Waals surface area (Å²) in [7, 11) is 0. The molecule has 2 N–H and O–H groups in total. The first kappa shape index (κ1) is 16.6. The molecular formula is C9H9NO4Y-2. The topological polar surface area (TPSA) is 87.5 Å². The molecule has 1 aromatic heterocycles. The second-order valence-corrected chi connectivity index (χ2v) is 2.36. The van der Waals surface area contributed by atoms with Crippen LogP contribution in [0.3, 0.4) is 0 Å². The molecular weight excluding hydrogens is 275 g/mol. The van der Waals surface area contributed by atoms with Crippen LogP contribution in [0.1, 0.15) is 23.0 Å². The maximum atomic E-state index is 10.8. The van der Waals surface area contributed by atoms with Crippen molar-refractivity contribution < 1.29 is 52.5 Å². The van der Waals surface area contributed by atoms with E-state index in [1.54, 1.807) is 6.92 Å². The van der Waals surface area contributed by atoms with E-state index in [1.165, 1.54) is 13.1 Å². The van der Waals surface area contributed by atoms with Crippen LogP contribution >= 0.6 is 0 Å². The molecule has 6 heteroatoms. The van der Waals surface area contributed by atoms with Gasteiger partial charge in [0.2, 0.25) is 0 Å². The van der Waals surface area contributed by atoms with E-state index in [2.05, 4.69) is 11.1 Å². The van der Waals surface area contributed by atoms with Gasteiger partial charge in [0.15, 0.2) is 0 Å². The molecule has 1 radical (unpaired) electrons. The Labute approximate surface area is 112 Å². The van der Waals surface area contributed by atoms with Crippen LogP contribution in [0.2, 0.25) is 0 Å². The second kappa shape index (κ2) is 8.50. The average molecular weight is 284 g/mol. The van der Waals surface area contributed by atoms with E-state index in [4.69, 9.17) is 9.90 Å². The first-order chi connectivity index (χ1) is 6.54. The largest absolute Gasteiger partial charge is 0.665 e. The summed E-state index contributed by atoms with van der Waals surface area (Å²) in [5, 5.41) is 16.0. The molecule has 0 aliphatic rings. The number of aromatic nitrogens is 1. The van der Waals surface area contributed by atoms with Crippen LogP contribution < -0.4 is 0 Å². The molecule has 0 aromatic carbocycles. The summed E-state index contributed by atoms with van der Waals surface area (Å²) in [6.07, 6.45) is 1.38. The Bertz CT molecular complexity index is 341. The molecule has 0 saturated carbocycles. The van der Waals surface area contributed by atoms with Crippen LogP contribution in [0, 0.1) is 13.0 Å². The Morgan fingerprint density at radius 1 is 1.60 bits per heavy atom. The fourth-order valence-electron chi connectivity index (χ4n) is 0.772. The van der Waals surface area contributed by atoms with Gasteiger partial charge in [-0.2, -0.15) is 0 Å². The van der Waals surface area contributed by atoms with Crippen molar-refractivity contribution in [3.05, 3.63) is 23.5 Å². The van der Waals surface area contributed by atoms with Crippen molar-refractivity contribution in [2.75, 3.05) is 0 Å². The predicted octanol–water partition coefficient (Wildman–Crippen LogP) is 0.708. The van der Waals surface area contributed by atoms with E-state index in [9.17, 15) is 9.90 Å². The molecule has 5 nitrogen and oxygen atoms in total. The van der Waals surface area contributed by atoms with Crippen molar-refractivity contribution in [2.24, 2.45) is 0 Å². The smallest absolute Gasteiger partial charge is 0.0502 e. The summed E-state index contributed by atoms with van der Waals surface area (Å²) in [4.78, 5) is 22.8. The fourth-order valence-corrected chi connectivity index (χ4v) is 0.772. The monoisotopic (exact) mass is 284 g/mol. The molecule has 1 rings (SSSR count). The van der Waals surface area contributed by atoms with Gasteiger partial charge in [0.05, 0.1) is 5.78 Å². The SMILES string of the molecule is CC(=O)c1[c-]cnc(C)c1O.O=[C-]O.[Y]. The number of Topliss-reactive ketones (excluding diaryl/α,β-unsaturated/α-hetero) is 1. The van der Waals surface area contributed by atoms with Gasteiger partial charge < -0.3 is 19.8 Å². The molecule has 0 fully saturated rings. The molecule has 0 spiro atoms. The minimum atomic E-state index is -0.201. The standard InChI is InChI=1S/C8H8NO2.CHO2.Y/c1-5-8(11)7(6(2)10)3-4-9-5;2-1-3;/h4,11H,1-2H3;(H,2,3);/q2*-1;. The zero-order valence-electron chi connectivity index (χ0n) is 8.31. The van der Waals surface area contributed by atoms with Crippen LogP contribution in [-0.2, 0) is 37.5 Å². The molecule has 0 amide bonds. The number of rotatable bonds is 1. The summed E-state index contributed by atoms with van der Waals surface area (Å²) in [6, 6.07) is 2.57. The van der Waals surface area contributed by atoms with Gasteiger partial charge >= 0.3 is 0 Å². The first-order valence-electron chi connectivity index (χ1n) is 3.63. The van der Waals surface area contributed by atoms with E-state index in [0.717, 1.165) is 0 Å². The number of carbonyl (C=O) groups is 1. The van der Waals surface area contributed by atoms with Crippen molar-refractivity contribution in [3.8, 4) is 5.75 Å². The summed E-state index contributed by atoms with van der Waals surface area (Å²) < 4.78 is 0. The third kappa shape index (κ3) is 5.59. The van der Waals surface area contributed by atoms with Crippen molar-refractivity contribution in [2.45, 2.75) is 13.8 Å². The van der Waals surface area contributed by atoms with Crippen LogP contribution in [-0.4, -0.2) is 27.5 Å². The number of hydrogen-bond acceptors (Lipinski definition) is 4. The molecule has 1 heterocycles. The van der Waals surface area contributed by atoms with Gasteiger partial charge in [-0.3, -0.25) is 4.98 Å². The zero-order chi connectivity index (χ0) is 11.1. The van der Waals surface area contributed by atoms with E-state index >= 15 is 0 Å². The van der Waals surface area contributed by atoms with E-state index in [-0.39, 0.29) is 49.8 Å². The maximum absolute atomic E-state index is 10.8. The number of ketones is 1. The molecule has 15 heavy (non-hydrogen) atoms. The van der Waals surface area contributed by atoms with Crippen LogP contribution in [0.4, 0.5) is 0 Å². The van der Waals surface area contributed by atoms with Crippen molar-refractivity contribution >= 4 is 12.3 Å². The molecule has 0 saturated heterocycles. The van der Waals surface area contributed by atoms with Gasteiger partial charge in [-0.1, -0.05) is 6.47 Å². The number of hydrogen-bond donors (Lipinski definition) is 2. The number of aliphatic hydroxyl groups excluding tert-OH is 1. The number of aryl methyl sites for hydroxylation is 1.